The van der Waals surface area contributed by atoms with Crippen molar-refractivity contribution in [2.24, 2.45) is 0 Å². The van der Waals surface area contributed by atoms with Crippen molar-refractivity contribution < 1.29 is 0 Å². The second-order valence-electron chi connectivity index (χ2n) is 5.31. The van der Waals surface area contributed by atoms with Gasteiger partial charge in [0.1, 0.15) is 0 Å². The Hall–Kier alpha value is -2.40. The minimum atomic E-state index is 0.159. The number of benzene rings is 1. The van der Waals surface area contributed by atoms with Gasteiger partial charge in [-0.1, -0.05) is 24.3 Å². The van der Waals surface area contributed by atoms with Crippen molar-refractivity contribution in [1.82, 2.24) is 25.1 Å². The lowest BCUT2D eigenvalue weighted by Gasteiger charge is -2.25. The summed E-state index contributed by atoms with van der Waals surface area (Å²) >= 11 is 0. The normalized spacial score (nSPS) is 17.6. The maximum absolute atomic E-state index is 4.51. The van der Waals surface area contributed by atoms with E-state index in [1.54, 1.807) is 6.33 Å². The SMILES string of the molecule is c1ccc(C2NCCc3[nH]cnc32)c(Cn2cccn2)c1. The minimum absolute atomic E-state index is 0.159. The Morgan fingerprint density at radius 1 is 1.24 bits per heavy atom. The Bertz CT molecular complexity index is 729. The fourth-order valence-electron chi connectivity index (χ4n) is 3.00. The van der Waals surface area contributed by atoms with Crippen LogP contribution in [0, 0.1) is 0 Å². The van der Waals surface area contributed by atoms with Crippen LogP contribution < -0.4 is 5.32 Å². The van der Waals surface area contributed by atoms with E-state index in [0.29, 0.717) is 0 Å². The number of fused-ring (bicyclic) bond motifs is 1. The molecular formula is C16H17N5. The average molecular weight is 279 g/mol. The maximum Gasteiger partial charge on any atom is 0.0926 e. The summed E-state index contributed by atoms with van der Waals surface area (Å²) in [6, 6.07) is 10.6. The molecule has 1 aliphatic rings. The van der Waals surface area contributed by atoms with E-state index in [1.807, 2.05) is 23.1 Å². The predicted octanol–water partition coefficient (Wildman–Crippen LogP) is 1.89. The van der Waals surface area contributed by atoms with Crippen LogP contribution in [0.4, 0.5) is 0 Å². The fourth-order valence-corrected chi connectivity index (χ4v) is 3.00. The molecule has 1 aliphatic heterocycles. The van der Waals surface area contributed by atoms with Gasteiger partial charge in [-0.15, -0.1) is 0 Å². The molecule has 3 aromatic rings. The van der Waals surface area contributed by atoms with Gasteiger partial charge < -0.3 is 10.3 Å². The van der Waals surface area contributed by atoms with Crippen LogP contribution in [0.25, 0.3) is 0 Å². The van der Waals surface area contributed by atoms with Gasteiger partial charge in [-0.25, -0.2) is 4.98 Å². The van der Waals surface area contributed by atoms with Gasteiger partial charge >= 0.3 is 0 Å². The highest BCUT2D eigenvalue weighted by Gasteiger charge is 2.25. The van der Waals surface area contributed by atoms with Crippen LogP contribution in [0.1, 0.15) is 28.6 Å². The Labute approximate surface area is 123 Å². The summed E-state index contributed by atoms with van der Waals surface area (Å²) in [6.45, 7) is 1.75. The molecule has 21 heavy (non-hydrogen) atoms. The standard InChI is InChI=1S/C16H17N5/c1-2-5-13(12(4-1)10-21-9-3-7-20-21)15-16-14(6-8-17-15)18-11-19-16/h1-5,7,9,11,15,17H,6,8,10H2,(H,18,19). The lowest BCUT2D eigenvalue weighted by Crippen LogP contribution is -2.31. The van der Waals surface area contributed by atoms with Crippen LogP contribution in [-0.4, -0.2) is 26.3 Å². The molecule has 0 amide bonds. The van der Waals surface area contributed by atoms with Crippen LogP contribution in [0.5, 0.6) is 0 Å². The first kappa shape index (κ1) is 12.3. The Morgan fingerprint density at radius 2 is 2.19 bits per heavy atom. The molecule has 1 unspecified atom stereocenters. The first-order valence-corrected chi connectivity index (χ1v) is 7.22. The van der Waals surface area contributed by atoms with Crippen molar-refractivity contribution in [2.75, 3.05) is 6.54 Å². The van der Waals surface area contributed by atoms with Gasteiger partial charge in [-0.2, -0.15) is 5.10 Å². The molecule has 5 nitrogen and oxygen atoms in total. The molecule has 0 aliphatic carbocycles. The molecule has 3 heterocycles. The molecule has 0 saturated heterocycles. The van der Waals surface area contributed by atoms with Crippen LogP contribution in [0.15, 0.2) is 49.1 Å². The predicted molar refractivity (Wildman–Crippen MR) is 79.9 cm³/mol. The topological polar surface area (TPSA) is 58.5 Å². The maximum atomic E-state index is 4.51. The summed E-state index contributed by atoms with van der Waals surface area (Å²) in [5.74, 6) is 0. The molecule has 2 N–H and O–H groups in total. The summed E-state index contributed by atoms with van der Waals surface area (Å²) in [5.41, 5.74) is 4.91. The van der Waals surface area contributed by atoms with Gasteiger partial charge in [0.15, 0.2) is 0 Å². The van der Waals surface area contributed by atoms with Crippen LogP contribution in [-0.2, 0) is 13.0 Å². The highest BCUT2D eigenvalue weighted by Crippen LogP contribution is 2.28. The highest BCUT2D eigenvalue weighted by atomic mass is 15.3. The van der Waals surface area contributed by atoms with Crippen molar-refractivity contribution >= 4 is 0 Å². The van der Waals surface area contributed by atoms with Crippen molar-refractivity contribution in [2.45, 2.75) is 19.0 Å². The molecule has 0 radical (unpaired) electrons. The summed E-state index contributed by atoms with van der Waals surface area (Å²) in [6.07, 6.45) is 6.60. The third-order valence-corrected chi connectivity index (χ3v) is 4.01. The molecule has 106 valence electrons. The largest absolute Gasteiger partial charge is 0.348 e. The third kappa shape index (κ3) is 2.25. The molecule has 0 fully saturated rings. The minimum Gasteiger partial charge on any atom is -0.348 e. The third-order valence-electron chi connectivity index (χ3n) is 4.01. The van der Waals surface area contributed by atoms with E-state index in [4.69, 9.17) is 0 Å². The number of aromatic amines is 1. The molecule has 0 spiro atoms. The first-order chi connectivity index (χ1) is 10.4. The second-order valence-corrected chi connectivity index (χ2v) is 5.31. The van der Waals surface area contributed by atoms with Gasteiger partial charge in [0, 0.05) is 31.1 Å². The van der Waals surface area contributed by atoms with E-state index < -0.39 is 0 Å². The lowest BCUT2D eigenvalue weighted by atomic mass is 9.94. The van der Waals surface area contributed by atoms with Crippen LogP contribution >= 0.6 is 0 Å². The Balaban J connectivity index is 1.73. The van der Waals surface area contributed by atoms with Gasteiger partial charge in [-0.3, -0.25) is 4.68 Å². The van der Waals surface area contributed by atoms with E-state index in [9.17, 15) is 0 Å². The van der Waals surface area contributed by atoms with E-state index >= 15 is 0 Å². The van der Waals surface area contributed by atoms with Crippen molar-refractivity contribution in [3.05, 3.63) is 71.6 Å². The zero-order valence-electron chi connectivity index (χ0n) is 11.7. The number of nitrogens with one attached hydrogen (secondary N) is 2. The lowest BCUT2D eigenvalue weighted by molar-refractivity contribution is 0.546. The molecular weight excluding hydrogens is 262 g/mol. The van der Waals surface area contributed by atoms with E-state index in [-0.39, 0.29) is 6.04 Å². The van der Waals surface area contributed by atoms with Gasteiger partial charge in [0.05, 0.1) is 24.6 Å². The fraction of sp³-hybridized carbons (Fsp3) is 0.250. The quantitative estimate of drug-likeness (QED) is 0.769. The van der Waals surface area contributed by atoms with E-state index in [2.05, 4.69) is 44.6 Å². The number of hydrogen-bond acceptors (Lipinski definition) is 3. The summed E-state index contributed by atoms with van der Waals surface area (Å²) in [4.78, 5) is 7.77. The van der Waals surface area contributed by atoms with Crippen molar-refractivity contribution in [1.29, 1.82) is 0 Å². The Kier molecular flexibility index (Phi) is 3.05. The smallest absolute Gasteiger partial charge is 0.0926 e. The number of hydrogen-bond donors (Lipinski definition) is 2. The van der Waals surface area contributed by atoms with Gasteiger partial charge in [-0.05, 0) is 17.2 Å². The van der Waals surface area contributed by atoms with Gasteiger partial charge in [0.25, 0.3) is 0 Å². The van der Waals surface area contributed by atoms with E-state index in [0.717, 1.165) is 25.2 Å². The number of nitrogens with zero attached hydrogens (tertiary/aromatic N) is 3. The van der Waals surface area contributed by atoms with Crippen LogP contribution in [0.2, 0.25) is 0 Å². The molecule has 0 saturated carbocycles. The van der Waals surface area contributed by atoms with Gasteiger partial charge in [0.2, 0.25) is 0 Å². The molecule has 1 atom stereocenters. The van der Waals surface area contributed by atoms with Crippen LogP contribution in [0.3, 0.4) is 0 Å². The molecule has 2 aromatic heterocycles. The number of aromatic nitrogens is 4. The first-order valence-electron chi connectivity index (χ1n) is 7.22. The summed E-state index contributed by atoms with van der Waals surface area (Å²) in [5, 5.41) is 7.89. The second kappa shape index (κ2) is 5.18. The number of imidazole rings is 1. The number of H-pyrrole nitrogens is 1. The highest BCUT2D eigenvalue weighted by molar-refractivity contribution is 5.38. The monoisotopic (exact) mass is 279 g/mol. The van der Waals surface area contributed by atoms with Crippen molar-refractivity contribution in [3.8, 4) is 0 Å². The van der Waals surface area contributed by atoms with E-state index in [1.165, 1.54) is 16.8 Å². The van der Waals surface area contributed by atoms with Crippen molar-refractivity contribution in [3.63, 3.8) is 0 Å². The summed E-state index contributed by atoms with van der Waals surface area (Å²) in [7, 11) is 0. The summed E-state index contributed by atoms with van der Waals surface area (Å²) < 4.78 is 1.95. The Morgan fingerprint density at radius 3 is 3.10 bits per heavy atom. The average Bonchev–Trinajstić information content (AvgIpc) is 3.18. The molecule has 4 rings (SSSR count). The molecule has 1 aromatic carbocycles. The molecule has 5 heteroatoms. The zero-order chi connectivity index (χ0) is 14.1. The zero-order valence-corrected chi connectivity index (χ0v) is 11.7. The number of rotatable bonds is 3. The molecule has 0 bridgehead atoms.